The summed E-state index contributed by atoms with van der Waals surface area (Å²) in [6.45, 7) is 1.99. The molecule has 0 radical (unpaired) electrons. The maximum absolute atomic E-state index is 10.3. The number of benzene rings is 2. The van der Waals surface area contributed by atoms with Crippen LogP contribution in [0.3, 0.4) is 0 Å². The Bertz CT molecular complexity index is 599. The van der Waals surface area contributed by atoms with Crippen molar-refractivity contribution in [1.29, 1.82) is 0 Å². The SMILES string of the molecule is Cc1cc(C(O)Cc2cccc(Cl)c2Cl)ccc1Br. The van der Waals surface area contributed by atoms with E-state index in [-0.39, 0.29) is 0 Å². The molecule has 1 N–H and O–H groups in total. The quantitative estimate of drug-likeness (QED) is 0.784. The van der Waals surface area contributed by atoms with E-state index in [0.29, 0.717) is 16.5 Å². The van der Waals surface area contributed by atoms with Crippen molar-refractivity contribution in [2.45, 2.75) is 19.4 Å². The van der Waals surface area contributed by atoms with Crippen LogP contribution in [-0.4, -0.2) is 5.11 Å². The van der Waals surface area contributed by atoms with Crippen LogP contribution in [0.2, 0.25) is 10.0 Å². The molecule has 0 fully saturated rings. The van der Waals surface area contributed by atoms with Gasteiger partial charge in [0.15, 0.2) is 0 Å². The zero-order valence-corrected chi connectivity index (χ0v) is 13.4. The van der Waals surface area contributed by atoms with E-state index in [1.807, 2.05) is 37.3 Å². The van der Waals surface area contributed by atoms with Gasteiger partial charge < -0.3 is 5.11 Å². The van der Waals surface area contributed by atoms with Crippen molar-refractivity contribution < 1.29 is 5.11 Å². The molecule has 0 aliphatic carbocycles. The molecule has 0 bridgehead atoms. The van der Waals surface area contributed by atoms with Crippen LogP contribution >= 0.6 is 39.1 Å². The third-order valence-electron chi connectivity index (χ3n) is 3.01. The summed E-state index contributed by atoms with van der Waals surface area (Å²) in [4.78, 5) is 0. The standard InChI is InChI=1S/C15H13BrCl2O/c1-9-7-10(5-6-12(9)16)14(19)8-11-3-2-4-13(17)15(11)18/h2-7,14,19H,8H2,1H3. The molecule has 0 saturated carbocycles. The topological polar surface area (TPSA) is 20.2 Å². The molecule has 19 heavy (non-hydrogen) atoms. The van der Waals surface area contributed by atoms with Gasteiger partial charge in [-0.1, -0.05) is 63.4 Å². The Balaban J connectivity index is 2.23. The highest BCUT2D eigenvalue weighted by molar-refractivity contribution is 9.10. The average Bonchev–Trinajstić information content (AvgIpc) is 2.38. The predicted molar refractivity (Wildman–Crippen MR) is 84.0 cm³/mol. The second kappa shape index (κ2) is 6.27. The summed E-state index contributed by atoms with van der Waals surface area (Å²) >= 11 is 15.5. The molecule has 4 heteroatoms. The minimum absolute atomic E-state index is 0.445. The number of halogens is 3. The van der Waals surface area contributed by atoms with E-state index in [9.17, 15) is 5.11 Å². The Morgan fingerprint density at radius 1 is 1.21 bits per heavy atom. The first-order valence-corrected chi connectivity index (χ1v) is 7.41. The van der Waals surface area contributed by atoms with Crippen molar-refractivity contribution in [3.05, 3.63) is 67.6 Å². The van der Waals surface area contributed by atoms with Crippen molar-refractivity contribution >= 4 is 39.1 Å². The fourth-order valence-electron chi connectivity index (χ4n) is 1.91. The molecule has 100 valence electrons. The largest absolute Gasteiger partial charge is 0.388 e. The number of hydrogen-bond acceptors (Lipinski definition) is 1. The summed E-state index contributed by atoms with van der Waals surface area (Å²) in [6, 6.07) is 11.3. The normalized spacial score (nSPS) is 12.5. The molecule has 1 atom stereocenters. The highest BCUT2D eigenvalue weighted by atomic mass is 79.9. The molecule has 0 heterocycles. The minimum atomic E-state index is -0.595. The van der Waals surface area contributed by atoms with E-state index in [1.54, 1.807) is 6.07 Å². The van der Waals surface area contributed by atoms with Gasteiger partial charge in [-0.15, -0.1) is 0 Å². The van der Waals surface area contributed by atoms with Gasteiger partial charge in [0.1, 0.15) is 0 Å². The van der Waals surface area contributed by atoms with Crippen LogP contribution in [0.4, 0.5) is 0 Å². The first kappa shape index (κ1) is 14.9. The van der Waals surface area contributed by atoms with Crippen molar-refractivity contribution in [2.24, 2.45) is 0 Å². The summed E-state index contributed by atoms with van der Waals surface area (Å²) in [5.41, 5.74) is 2.81. The zero-order chi connectivity index (χ0) is 14.0. The highest BCUT2D eigenvalue weighted by Crippen LogP contribution is 2.30. The lowest BCUT2D eigenvalue weighted by molar-refractivity contribution is 0.178. The van der Waals surface area contributed by atoms with Crippen molar-refractivity contribution in [1.82, 2.24) is 0 Å². The molecule has 0 aliphatic rings. The number of rotatable bonds is 3. The Kier molecular flexibility index (Phi) is 4.91. The van der Waals surface area contributed by atoms with Gasteiger partial charge in [-0.25, -0.2) is 0 Å². The monoisotopic (exact) mass is 358 g/mol. The molecule has 1 unspecified atom stereocenters. The van der Waals surface area contributed by atoms with Gasteiger partial charge in [0.05, 0.1) is 16.1 Å². The summed E-state index contributed by atoms with van der Waals surface area (Å²) in [7, 11) is 0. The summed E-state index contributed by atoms with van der Waals surface area (Å²) in [5, 5.41) is 11.3. The molecule has 2 aromatic carbocycles. The van der Waals surface area contributed by atoms with Crippen LogP contribution in [0.1, 0.15) is 22.8 Å². The van der Waals surface area contributed by atoms with Crippen LogP contribution in [0.15, 0.2) is 40.9 Å². The van der Waals surface area contributed by atoms with E-state index < -0.39 is 6.10 Å². The lowest BCUT2D eigenvalue weighted by Gasteiger charge is -2.14. The first-order chi connectivity index (χ1) is 8.99. The molecule has 2 aromatic rings. The van der Waals surface area contributed by atoms with Crippen LogP contribution < -0.4 is 0 Å². The lowest BCUT2D eigenvalue weighted by atomic mass is 10.00. The van der Waals surface area contributed by atoms with Gasteiger partial charge in [0.25, 0.3) is 0 Å². The summed E-state index contributed by atoms with van der Waals surface area (Å²) < 4.78 is 1.03. The highest BCUT2D eigenvalue weighted by Gasteiger charge is 2.13. The maximum atomic E-state index is 10.3. The second-order valence-electron chi connectivity index (χ2n) is 4.44. The Labute approximate surface area is 131 Å². The van der Waals surface area contributed by atoms with Crippen LogP contribution in [-0.2, 0) is 6.42 Å². The van der Waals surface area contributed by atoms with Crippen LogP contribution in [0.25, 0.3) is 0 Å². The van der Waals surface area contributed by atoms with Gasteiger partial charge in [-0.05, 0) is 35.7 Å². The van der Waals surface area contributed by atoms with Crippen LogP contribution in [0.5, 0.6) is 0 Å². The smallest absolute Gasteiger partial charge is 0.0831 e. The van der Waals surface area contributed by atoms with E-state index in [2.05, 4.69) is 15.9 Å². The molecule has 0 aliphatic heterocycles. The van der Waals surface area contributed by atoms with Crippen molar-refractivity contribution in [3.8, 4) is 0 Å². The molecule has 0 saturated heterocycles. The molecule has 0 spiro atoms. The van der Waals surface area contributed by atoms with E-state index in [1.165, 1.54) is 0 Å². The van der Waals surface area contributed by atoms with Crippen LogP contribution in [0, 0.1) is 6.92 Å². The van der Waals surface area contributed by atoms with Gasteiger partial charge in [-0.3, -0.25) is 0 Å². The summed E-state index contributed by atoms with van der Waals surface area (Å²) in [6.07, 6.45) is -0.150. The van der Waals surface area contributed by atoms with Gasteiger partial charge in [0.2, 0.25) is 0 Å². The Morgan fingerprint density at radius 3 is 2.63 bits per heavy atom. The summed E-state index contributed by atoms with van der Waals surface area (Å²) in [5.74, 6) is 0. The fourth-order valence-corrected chi connectivity index (χ4v) is 2.55. The van der Waals surface area contributed by atoms with Crippen molar-refractivity contribution in [3.63, 3.8) is 0 Å². The van der Waals surface area contributed by atoms with E-state index in [4.69, 9.17) is 23.2 Å². The molecule has 0 aromatic heterocycles. The first-order valence-electron chi connectivity index (χ1n) is 5.86. The molecular formula is C15H13BrCl2O. The molecule has 0 amide bonds. The third-order valence-corrected chi connectivity index (χ3v) is 4.76. The second-order valence-corrected chi connectivity index (χ2v) is 6.08. The maximum Gasteiger partial charge on any atom is 0.0831 e. The fraction of sp³-hybridized carbons (Fsp3) is 0.200. The average molecular weight is 360 g/mol. The van der Waals surface area contributed by atoms with Crippen molar-refractivity contribution in [2.75, 3.05) is 0 Å². The predicted octanol–water partition coefficient (Wildman–Crippen LogP) is 5.34. The van der Waals surface area contributed by atoms with E-state index in [0.717, 1.165) is 21.2 Å². The lowest BCUT2D eigenvalue weighted by Crippen LogP contribution is -2.03. The molecular weight excluding hydrogens is 347 g/mol. The van der Waals surface area contributed by atoms with Gasteiger partial charge in [-0.2, -0.15) is 0 Å². The Morgan fingerprint density at radius 2 is 1.95 bits per heavy atom. The van der Waals surface area contributed by atoms with E-state index >= 15 is 0 Å². The minimum Gasteiger partial charge on any atom is -0.388 e. The number of aryl methyl sites for hydroxylation is 1. The molecule has 2 rings (SSSR count). The Hall–Kier alpha value is -0.540. The third kappa shape index (κ3) is 3.51. The van der Waals surface area contributed by atoms with Gasteiger partial charge >= 0.3 is 0 Å². The number of aliphatic hydroxyl groups excluding tert-OH is 1. The molecule has 1 nitrogen and oxygen atoms in total. The van der Waals surface area contributed by atoms with Gasteiger partial charge in [0, 0.05) is 10.9 Å². The number of hydrogen-bond donors (Lipinski definition) is 1. The number of aliphatic hydroxyl groups is 1. The zero-order valence-electron chi connectivity index (χ0n) is 10.3.